The van der Waals surface area contributed by atoms with Crippen LogP contribution in [0.3, 0.4) is 0 Å². The average Bonchev–Trinajstić information content (AvgIpc) is 3.35. The van der Waals surface area contributed by atoms with E-state index in [0.717, 1.165) is 16.0 Å². The molecule has 178 valence electrons. The molecule has 2 aromatic carbocycles. The van der Waals surface area contributed by atoms with E-state index in [4.69, 9.17) is 16.0 Å². The van der Waals surface area contributed by atoms with Gasteiger partial charge in [0, 0.05) is 22.9 Å². The molecule has 0 spiro atoms. The molecule has 11 heteroatoms. The fourth-order valence-corrected chi connectivity index (χ4v) is 4.41. The lowest BCUT2D eigenvalue weighted by molar-refractivity contribution is -0.384. The normalized spacial score (nSPS) is 14.6. The zero-order chi connectivity index (χ0) is 25.3. The Hall–Kier alpha value is -3.89. The molecule has 1 N–H and O–H groups in total. The summed E-state index contributed by atoms with van der Waals surface area (Å²) in [4.78, 5) is 49.4. The molecular weight excluding hydrogens is 494 g/mol. The van der Waals surface area contributed by atoms with E-state index in [1.54, 1.807) is 49.4 Å². The van der Waals surface area contributed by atoms with Crippen LogP contribution in [0.1, 0.15) is 16.9 Å². The number of nitro groups is 1. The van der Waals surface area contributed by atoms with Crippen molar-refractivity contribution in [1.29, 1.82) is 0 Å². The summed E-state index contributed by atoms with van der Waals surface area (Å²) in [6, 6.07) is 12.7. The third-order valence-corrected chi connectivity index (χ3v) is 6.40. The predicted molar refractivity (Wildman–Crippen MR) is 133 cm³/mol. The molecule has 1 aliphatic heterocycles. The Morgan fingerprint density at radius 1 is 1.17 bits per heavy atom. The lowest BCUT2D eigenvalue weighted by Crippen LogP contribution is -2.36. The van der Waals surface area contributed by atoms with Gasteiger partial charge in [-0.15, -0.1) is 0 Å². The SMILES string of the molecule is Cc1cc(-c2ccc(/C=C3\SC(=O)N(CC(=O)Nc4cccc(Cl)c4)C3=O)o2)c([N+](=O)[O-])cc1C. The summed E-state index contributed by atoms with van der Waals surface area (Å²) >= 11 is 6.57. The third-order valence-electron chi connectivity index (χ3n) is 5.26. The largest absolute Gasteiger partial charge is 0.456 e. The minimum atomic E-state index is -0.642. The highest BCUT2D eigenvalue weighted by Crippen LogP contribution is 2.36. The minimum Gasteiger partial charge on any atom is -0.456 e. The number of furan rings is 1. The van der Waals surface area contributed by atoms with Gasteiger partial charge < -0.3 is 9.73 Å². The van der Waals surface area contributed by atoms with Crippen molar-refractivity contribution >= 4 is 57.9 Å². The first kappa shape index (κ1) is 24.2. The fraction of sp³-hybridized carbons (Fsp3) is 0.125. The zero-order valence-electron chi connectivity index (χ0n) is 18.5. The molecule has 0 unspecified atom stereocenters. The van der Waals surface area contributed by atoms with Gasteiger partial charge >= 0.3 is 0 Å². The van der Waals surface area contributed by atoms with Crippen LogP contribution in [0.15, 0.2) is 57.9 Å². The number of halogens is 1. The number of hydrogen-bond acceptors (Lipinski definition) is 7. The molecule has 0 bridgehead atoms. The van der Waals surface area contributed by atoms with Crippen LogP contribution in [0.4, 0.5) is 16.2 Å². The second kappa shape index (κ2) is 9.77. The van der Waals surface area contributed by atoms with Crippen molar-refractivity contribution in [3.63, 3.8) is 0 Å². The summed E-state index contributed by atoms with van der Waals surface area (Å²) in [5.74, 6) is -0.706. The smallest absolute Gasteiger partial charge is 0.294 e. The van der Waals surface area contributed by atoms with Gasteiger partial charge in [-0.2, -0.15) is 0 Å². The Morgan fingerprint density at radius 3 is 2.63 bits per heavy atom. The number of anilines is 1. The van der Waals surface area contributed by atoms with Crippen molar-refractivity contribution in [2.24, 2.45) is 0 Å². The van der Waals surface area contributed by atoms with E-state index >= 15 is 0 Å². The molecule has 2 heterocycles. The van der Waals surface area contributed by atoms with Gasteiger partial charge in [0.15, 0.2) is 0 Å². The maximum absolute atomic E-state index is 12.7. The third kappa shape index (κ3) is 5.28. The van der Waals surface area contributed by atoms with Crippen molar-refractivity contribution in [3.05, 3.63) is 85.5 Å². The van der Waals surface area contributed by atoms with Crippen molar-refractivity contribution in [3.8, 4) is 11.3 Å². The first-order chi connectivity index (χ1) is 16.6. The summed E-state index contributed by atoms with van der Waals surface area (Å²) in [6.45, 7) is 3.16. The zero-order valence-corrected chi connectivity index (χ0v) is 20.1. The Bertz CT molecular complexity index is 1410. The van der Waals surface area contributed by atoms with Gasteiger partial charge in [-0.05, 0) is 73.1 Å². The highest BCUT2D eigenvalue weighted by molar-refractivity contribution is 8.18. The van der Waals surface area contributed by atoms with Crippen LogP contribution < -0.4 is 5.32 Å². The summed E-state index contributed by atoms with van der Waals surface area (Å²) in [7, 11) is 0. The molecule has 4 rings (SSSR count). The van der Waals surface area contributed by atoms with Crippen LogP contribution in [0.5, 0.6) is 0 Å². The number of aryl methyl sites for hydroxylation is 2. The number of benzene rings is 2. The summed E-state index contributed by atoms with van der Waals surface area (Å²) in [5.41, 5.74) is 2.29. The number of rotatable bonds is 6. The Kier molecular flexibility index (Phi) is 6.77. The average molecular weight is 512 g/mol. The summed E-state index contributed by atoms with van der Waals surface area (Å²) in [5, 5.41) is 13.9. The van der Waals surface area contributed by atoms with Crippen LogP contribution >= 0.6 is 23.4 Å². The molecule has 0 radical (unpaired) electrons. The van der Waals surface area contributed by atoms with E-state index in [9.17, 15) is 24.5 Å². The molecule has 9 nitrogen and oxygen atoms in total. The van der Waals surface area contributed by atoms with E-state index in [2.05, 4.69) is 5.32 Å². The van der Waals surface area contributed by atoms with Crippen molar-refractivity contribution in [2.75, 3.05) is 11.9 Å². The predicted octanol–water partition coefficient (Wildman–Crippen LogP) is 5.80. The standard InChI is InChI=1S/C24H18ClN3O6S/c1-13-8-18(19(28(32)33)9-14(13)2)20-7-6-17(34-20)11-21-23(30)27(24(31)35-21)12-22(29)26-16-5-3-4-15(25)10-16/h3-11H,12H2,1-2H3,(H,26,29)/b21-11-. The summed E-state index contributed by atoms with van der Waals surface area (Å²) in [6.07, 6.45) is 1.37. The number of nitrogens with zero attached hydrogens (tertiary/aromatic N) is 2. The molecule has 1 aliphatic rings. The van der Waals surface area contributed by atoms with Gasteiger partial charge in [-0.1, -0.05) is 17.7 Å². The van der Waals surface area contributed by atoms with Gasteiger partial charge in [0.05, 0.1) is 15.4 Å². The number of amides is 3. The number of carbonyl (C=O) groups excluding carboxylic acids is 3. The van der Waals surface area contributed by atoms with Gasteiger partial charge in [0.1, 0.15) is 18.1 Å². The molecule has 1 fully saturated rings. The molecule has 1 saturated heterocycles. The first-order valence-electron chi connectivity index (χ1n) is 10.3. The molecule has 1 aromatic heterocycles. The molecule has 35 heavy (non-hydrogen) atoms. The van der Waals surface area contributed by atoms with Crippen LogP contribution in [0, 0.1) is 24.0 Å². The number of carbonyl (C=O) groups is 3. The number of nitro benzene ring substituents is 1. The van der Waals surface area contributed by atoms with E-state index in [-0.39, 0.29) is 22.1 Å². The number of imide groups is 1. The minimum absolute atomic E-state index is 0.0704. The van der Waals surface area contributed by atoms with E-state index < -0.39 is 28.5 Å². The molecule has 0 saturated carbocycles. The Balaban J connectivity index is 1.51. The highest BCUT2D eigenvalue weighted by atomic mass is 35.5. The summed E-state index contributed by atoms with van der Waals surface area (Å²) < 4.78 is 5.74. The quantitative estimate of drug-likeness (QED) is 0.252. The van der Waals surface area contributed by atoms with Crippen molar-refractivity contribution in [2.45, 2.75) is 13.8 Å². The molecule has 0 atom stereocenters. The Labute approximate surface area is 208 Å². The second-order valence-electron chi connectivity index (χ2n) is 7.74. The van der Waals surface area contributed by atoms with Crippen molar-refractivity contribution < 1.29 is 23.7 Å². The van der Waals surface area contributed by atoms with Crippen LogP contribution in [0.25, 0.3) is 17.4 Å². The van der Waals surface area contributed by atoms with Gasteiger partial charge in [0.25, 0.3) is 16.8 Å². The van der Waals surface area contributed by atoms with E-state index in [1.165, 1.54) is 12.1 Å². The van der Waals surface area contributed by atoms with Gasteiger partial charge in [-0.3, -0.25) is 29.4 Å². The van der Waals surface area contributed by atoms with Gasteiger partial charge in [0.2, 0.25) is 5.91 Å². The maximum atomic E-state index is 12.7. The Morgan fingerprint density at radius 2 is 1.91 bits per heavy atom. The fourth-order valence-electron chi connectivity index (χ4n) is 3.40. The maximum Gasteiger partial charge on any atom is 0.294 e. The van der Waals surface area contributed by atoms with Crippen LogP contribution in [-0.2, 0) is 9.59 Å². The topological polar surface area (TPSA) is 123 Å². The lowest BCUT2D eigenvalue weighted by atomic mass is 10.0. The molecular formula is C24H18ClN3O6S. The van der Waals surface area contributed by atoms with E-state index in [0.29, 0.717) is 28.0 Å². The highest BCUT2D eigenvalue weighted by Gasteiger charge is 2.36. The van der Waals surface area contributed by atoms with Gasteiger partial charge in [-0.25, -0.2) is 0 Å². The van der Waals surface area contributed by atoms with E-state index in [1.807, 2.05) is 6.92 Å². The number of hydrogen-bond donors (Lipinski definition) is 1. The lowest BCUT2D eigenvalue weighted by Gasteiger charge is -2.12. The first-order valence-corrected chi connectivity index (χ1v) is 11.5. The molecule has 3 aromatic rings. The second-order valence-corrected chi connectivity index (χ2v) is 9.17. The van der Waals surface area contributed by atoms with Crippen molar-refractivity contribution in [1.82, 2.24) is 4.90 Å². The van der Waals surface area contributed by atoms with Crippen LogP contribution in [0.2, 0.25) is 5.02 Å². The molecule has 3 amide bonds. The number of nitrogens with one attached hydrogen (secondary N) is 1. The van der Waals surface area contributed by atoms with Crippen LogP contribution in [-0.4, -0.2) is 33.4 Å². The number of thioether (sulfide) groups is 1. The molecule has 0 aliphatic carbocycles. The monoisotopic (exact) mass is 511 g/mol.